The number of phosphoric acid groups is 2. The van der Waals surface area contributed by atoms with Crippen LogP contribution in [0.2, 0.25) is 0 Å². The zero-order valence-electron chi connectivity index (χ0n) is 57.3. The van der Waals surface area contributed by atoms with Gasteiger partial charge >= 0.3 is 33.6 Å². The largest absolute Gasteiger partial charge is 0.472 e. The maximum absolute atomic E-state index is 12.9. The van der Waals surface area contributed by atoms with Crippen LogP contribution in [0.5, 0.6) is 0 Å². The van der Waals surface area contributed by atoms with Gasteiger partial charge in [0.25, 0.3) is 0 Å². The van der Waals surface area contributed by atoms with E-state index in [-0.39, 0.29) is 19.3 Å². The van der Waals surface area contributed by atoms with Gasteiger partial charge in [-0.1, -0.05) is 266 Å². The van der Waals surface area contributed by atoms with Crippen molar-refractivity contribution in [2.24, 2.45) is 0 Å². The van der Waals surface area contributed by atoms with Crippen molar-refractivity contribution >= 4 is 33.6 Å². The summed E-state index contributed by atoms with van der Waals surface area (Å²) >= 11 is 0. The molecule has 0 saturated carbocycles. The van der Waals surface area contributed by atoms with Gasteiger partial charge in [0.2, 0.25) is 0 Å². The molecule has 0 spiro atoms. The molecule has 5 atom stereocenters. The molecular formula is C73H130O16P2. The van der Waals surface area contributed by atoms with Crippen molar-refractivity contribution in [3.63, 3.8) is 0 Å². The Kier molecular flexibility index (Phi) is 64.3. The molecule has 5 unspecified atom stereocenters. The molecule has 0 aromatic carbocycles. The second kappa shape index (κ2) is 66.7. The van der Waals surface area contributed by atoms with Gasteiger partial charge in [0.05, 0.1) is 26.4 Å². The minimum atomic E-state index is -4.93. The number of esters is 3. The van der Waals surface area contributed by atoms with Crippen LogP contribution in [-0.4, -0.2) is 95.9 Å². The molecule has 0 heterocycles. The van der Waals surface area contributed by atoms with Crippen LogP contribution in [-0.2, 0) is 55.8 Å². The number of ether oxygens (including phenoxy) is 3. The normalized spacial score (nSPS) is 14.7. The molecule has 0 aliphatic carbocycles. The van der Waals surface area contributed by atoms with E-state index in [1.54, 1.807) is 0 Å². The van der Waals surface area contributed by atoms with Crippen LogP contribution in [0, 0.1) is 0 Å². The van der Waals surface area contributed by atoms with Crippen LogP contribution >= 0.6 is 15.6 Å². The number of aliphatic hydroxyl groups is 2. The van der Waals surface area contributed by atoms with Crippen molar-refractivity contribution in [2.45, 2.75) is 322 Å². The van der Waals surface area contributed by atoms with E-state index in [1.807, 2.05) is 0 Å². The summed E-state index contributed by atoms with van der Waals surface area (Å²) in [6.07, 6.45) is 71.9. The number of rotatable bonds is 68. The number of allylic oxidation sites excluding steroid dienone is 14. The minimum absolute atomic E-state index is 0.105. The Morgan fingerprint density at radius 2 is 0.549 bits per heavy atom. The third-order valence-corrected chi connectivity index (χ3v) is 17.0. The second-order valence-corrected chi connectivity index (χ2v) is 26.9. The molecule has 528 valence electrons. The minimum Gasteiger partial charge on any atom is -0.463 e. The first kappa shape index (κ1) is 87.7. The molecule has 0 radical (unpaired) electrons. The highest BCUT2D eigenvalue weighted by Gasteiger charge is 2.29. The molecule has 0 aromatic heterocycles. The first-order valence-corrected chi connectivity index (χ1v) is 38.9. The highest BCUT2D eigenvalue weighted by Crippen LogP contribution is 2.45. The highest BCUT2D eigenvalue weighted by atomic mass is 31.2. The van der Waals surface area contributed by atoms with Gasteiger partial charge in [-0.05, 0) is 103 Å². The highest BCUT2D eigenvalue weighted by molar-refractivity contribution is 7.47. The van der Waals surface area contributed by atoms with Crippen LogP contribution in [0.3, 0.4) is 0 Å². The SMILES string of the molecule is CCCCC/C=C\C/C=C\C/C=C\C/C=C\CCCCCCCC(=O)OCC(O)COP(=O)(O)OCC(O)COP(=O)(O)OCC(COC(=O)CCCCCCCC/C=C\C/C=C\C/C=C\CCCCC)OC(=O)CCCCCCCCCCCCCCCCC. The number of unbranched alkanes of at least 4 members (excludes halogenated alkanes) is 31. The van der Waals surface area contributed by atoms with Crippen molar-refractivity contribution in [3.05, 3.63) is 85.1 Å². The monoisotopic (exact) mass is 1320 g/mol. The molecule has 0 aliphatic rings. The summed E-state index contributed by atoms with van der Waals surface area (Å²) in [6, 6.07) is 0. The lowest BCUT2D eigenvalue weighted by Crippen LogP contribution is -2.30. The Labute approximate surface area is 553 Å². The Morgan fingerprint density at radius 3 is 0.890 bits per heavy atom. The van der Waals surface area contributed by atoms with Crippen molar-refractivity contribution in [1.82, 2.24) is 0 Å². The van der Waals surface area contributed by atoms with Crippen molar-refractivity contribution in [1.29, 1.82) is 0 Å². The molecule has 0 amide bonds. The number of hydrogen-bond donors (Lipinski definition) is 4. The van der Waals surface area contributed by atoms with Crippen LogP contribution in [0.15, 0.2) is 85.1 Å². The lowest BCUT2D eigenvalue weighted by molar-refractivity contribution is -0.161. The van der Waals surface area contributed by atoms with Gasteiger partial charge in [-0.2, -0.15) is 0 Å². The summed E-state index contributed by atoms with van der Waals surface area (Å²) in [5.74, 6) is -1.59. The molecule has 0 aromatic rings. The summed E-state index contributed by atoms with van der Waals surface area (Å²) in [5.41, 5.74) is 0. The molecule has 16 nitrogen and oxygen atoms in total. The summed E-state index contributed by atoms with van der Waals surface area (Å²) in [4.78, 5) is 58.5. The molecule has 0 saturated heterocycles. The van der Waals surface area contributed by atoms with Gasteiger partial charge in [-0.15, -0.1) is 0 Å². The van der Waals surface area contributed by atoms with Gasteiger partial charge in [-0.3, -0.25) is 32.5 Å². The number of carbonyl (C=O) groups is 3. The fourth-order valence-corrected chi connectivity index (χ4v) is 11.1. The fraction of sp³-hybridized carbons (Fsp3) is 0.767. The van der Waals surface area contributed by atoms with E-state index >= 15 is 0 Å². The van der Waals surface area contributed by atoms with Crippen LogP contribution in [0.25, 0.3) is 0 Å². The van der Waals surface area contributed by atoms with E-state index in [2.05, 4.69) is 106 Å². The predicted octanol–water partition coefficient (Wildman–Crippen LogP) is 20.1. The summed E-state index contributed by atoms with van der Waals surface area (Å²) in [6.45, 7) is 2.61. The third kappa shape index (κ3) is 67.9. The average Bonchev–Trinajstić information content (AvgIpc) is 3.09. The van der Waals surface area contributed by atoms with Gasteiger partial charge in [0.15, 0.2) is 6.10 Å². The smallest absolute Gasteiger partial charge is 0.463 e. The van der Waals surface area contributed by atoms with Crippen LogP contribution in [0.1, 0.15) is 303 Å². The van der Waals surface area contributed by atoms with Gasteiger partial charge in [-0.25, -0.2) is 9.13 Å². The maximum atomic E-state index is 12.9. The number of hydrogen-bond acceptors (Lipinski definition) is 14. The van der Waals surface area contributed by atoms with Crippen molar-refractivity contribution < 1.29 is 75.8 Å². The van der Waals surface area contributed by atoms with Gasteiger partial charge in [0.1, 0.15) is 25.4 Å². The molecule has 18 heteroatoms. The molecule has 0 fully saturated rings. The van der Waals surface area contributed by atoms with E-state index < -0.39 is 91.5 Å². The summed E-state index contributed by atoms with van der Waals surface area (Å²) < 4.78 is 61.0. The molecule has 0 aliphatic heterocycles. The third-order valence-electron chi connectivity index (χ3n) is 15.1. The number of carbonyl (C=O) groups excluding carboxylic acids is 3. The van der Waals surface area contributed by atoms with Crippen LogP contribution < -0.4 is 0 Å². The van der Waals surface area contributed by atoms with E-state index in [0.717, 1.165) is 135 Å². The zero-order chi connectivity index (χ0) is 66.7. The quantitative estimate of drug-likeness (QED) is 0.0146. The fourth-order valence-electron chi connectivity index (χ4n) is 9.56. The Morgan fingerprint density at radius 1 is 0.308 bits per heavy atom. The topological polar surface area (TPSA) is 231 Å². The number of phosphoric ester groups is 2. The lowest BCUT2D eigenvalue weighted by Gasteiger charge is -2.21. The van der Waals surface area contributed by atoms with E-state index in [9.17, 15) is 43.5 Å². The molecule has 0 bridgehead atoms. The van der Waals surface area contributed by atoms with Gasteiger partial charge in [0, 0.05) is 19.3 Å². The molecule has 91 heavy (non-hydrogen) atoms. The Hall–Kier alpha value is -3.27. The second-order valence-electron chi connectivity index (χ2n) is 24.0. The Bertz CT molecular complexity index is 2000. The predicted molar refractivity (Wildman–Crippen MR) is 371 cm³/mol. The van der Waals surface area contributed by atoms with E-state index in [4.69, 9.17) is 32.3 Å². The van der Waals surface area contributed by atoms with Gasteiger partial charge < -0.3 is 34.2 Å². The lowest BCUT2D eigenvalue weighted by atomic mass is 10.0. The van der Waals surface area contributed by atoms with E-state index in [1.165, 1.54) is 109 Å². The standard InChI is InChI=1S/C73H130O16P2/c1-4-7-10-13-16-19-22-25-28-30-32-33-35-37-39-41-44-47-50-53-56-59-71(76)83-62-68(74)63-85-90(79,80)86-64-69(75)65-87-91(81,82)88-67-70(89-73(78)61-58-55-52-49-46-43-38-27-24-21-18-15-12-9-6-3)66-84-72(77)60-57-54-51-48-45-42-40-36-34-31-29-26-23-20-17-14-11-8-5-2/h16-17,19-20,25-26,28-29,32-34,36-37,39,68-70,74-75H,4-15,18,21-24,27,30-31,35,38,40-67H2,1-3H3,(H,79,80)(H,81,82)/b19-16-,20-17-,28-25-,29-26-,33-32-,36-34-,39-37-. The maximum Gasteiger partial charge on any atom is 0.472 e. The first-order chi connectivity index (χ1) is 44.2. The molecular weight excluding hydrogens is 1190 g/mol. The zero-order valence-corrected chi connectivity index (χ0v) is 59.0. The first-order valence-electron chi connectivity index (χ1n) is 35.9. The summed E-state index contributed by atoms with van der Waals surface area (Å²) in [7, 11) is -9.78. The Balaban J connectivity index is 4.67. The average molecular weight is 1330 g/mol. The van der Waals surface area contributed by atoms with E-state index in [0.29, 0.717) is 19.3 Å². The molecule has 4 N–H and O–H groups in total. The van der Waals surface area contributed by atoms with Crippen molar-refractivity contribution in [2.75, 3.05) is 39.6 Å². The van der Waals surface area contributed by atoms with Crippen LogP contribution in [0.4, 0.5) is 0 Å². The summed E-state index contributed by atoms with van der Waals surface area (Å²) in [5, 5.41) is 20.6. The molecule has 0 rings (SSSR count). The van der Waals surface area contributed by atoms with Crippen molar-refractivity contribution in [3.8, 4) is 0 Å². The number of aliphatic hydroxyl groups excluding tert-OH is 2.